The van der Waals surface area contributed by atoms with Crippen LogP contribution in [0.4, 0.5) is 0 Å². The summed E-state index contributed by atoms with van der Waals surface area (Å²) in [5.74, 6) is 2.15. The van der Waals surface area contributed by atoms with Crippen molar-refractivity contribution in [3.8, 4) is 5.75 Å². The molecule has 0 saturated heterocycles. The highest BCUT2D eigenvalue weighted by Gasteiger charge is 2.04. The zero-order valence-electron chi connectivity index (χ0n) is 11.7. The van der Waals surface area contributed by atoms with Gasteiger partial charge in [-0.25, -0.2) is 0 Å². The van der Waals surface area contributed by atoms with Crippen molar-refractivity contribution in [3.05, 3.63) is 29.8 Å². The first-order valence-corrected chi connectivity index (χ1v) is 8.13. The van der Waals surface area contributed by atoms with Gasteiger partial charge in [0.1, 0.15) is 5.75 Å². The van der Waals surface area contributed by atoms with Gasteiger partial charge in [0.15, 0.2) is 0 Å². The highest BCUT2D eigenvalue weighted by molar-refractivity contribution is 7.98. The molecule has 0 aromatic heterocycles. The normalized spacial score (nSPS) is 12.4. The second-order valence-electron chi connectivity index (χ2n) is 4.44. The molecule has 0 bridgehead atoms. The summed E-state index contributed by atoms with van der Waals surface area (Å²) >= 11 is 1.90. The highest BCUT2D eigenvalue weighted by Crippen LogP contribution is 2.14. The third-order valence-corrected chi connectivity index (χ3v) is 3.56. The fourth-order valence-electron chi connectivity index (χ4n) is 1.75. The van der Waals surface area contributed by atoms with Crippen molar-refractivity contribution in [1.82, 2.24) is 5.32 Å². The number of nitrogens with one attached hydrogen (secondary N) is 1. The molecule has 1 aromatic rings. The van der Waals surface area contributed by atoms with Crippen LogP contribution >= 0.6 is 11.8 Å². The van der Waals surface area contributed by atoms with Crippen LogP contribution in [0.3, 0.4) is 0 Å². The van der Waals surface area contributed by atoms with Crippen molar-refractivity contribution in [2.75, 3.05) is 18.6 Å². The molecule has 1 atom stereocenters. The monoisotopic (exact) mass is 267 g/mol. The molecule has 0 heterocycles. The fourth-order valence-corrected chi connectivity index (χ4v) is 2.51. The van der Waals surface area contributed by atoms with E-state index in [-0.39, 0.29) is 0 Å². The summed E-state index contributed by atoms with van der Waals surface area (Å²) in [5.41, 5.74) is 1.29. The molecule has 1 aromatic carbocycles. The summed E-state index contributed by atoms with van der Waals surface area (Å²) in [6, 6.07) is 8.97. The summed E-state index contributed by atoms with van der Waals surface area (Å²) in [6.07, 6.45) is 4.38. The second-order valence-corrected chi connectivity index (χ2v) is 5.35. The summed E-state index contributed by atoms with van der Waals surface area (Å²) in [4.78, 5) is 0. The number of rotatable bonds is 9. The van der Waals surface area contributed by atoms with Crippen LogP contribution < -0.4 is 10.1 Å². The lowest BCUT2D eigenvalue weighted by atomic mass is 10.2. The number of hydrogen-bond donors (Lipinski definition) is 1. The van der Waals surface area contributed by atoms with Crippen LogP contribution in [0.15, 0.2) is 24.3 Å². The minimum absolute atomic E-state index is 0.597. The van der Waals surface area contributed by atoms with E-state index in [4.69, 9.17) is 4.74 Å². The first-order valence-electron chi connectivity index (χ1n) is 6.74. The molecule has 0 amide bonds. The average molecular weight is 267 g/mol. The van der Waals surface area contributed by atoms with Crippen LogP contribution in [-0.2, 0) is 6.54 Å². The minimum Gasteiger partial charge on any atom is -0.494 e. The summed E-state index contributed by atoms with van der Waals surface area (Å²) in [7, 11) is 0. The van der Waals surface area contributed by atoms with E-state index in [1.165, 1.54) is 17.7 Å². The van der Waals surface area contributed by atoms with Gasteiger partial charge in [-0.05, 0) is 36.8 Å². The Hall–Kier alpha value is -0.670. The molecule has 1 N–H and O–H groups in total. The van der Waals surface area contributed by atoms with Crippen molar-refractivity contribution >= 4 is 11.8 Å². The van der Waals surface area contributed by atoms with Crippen LogP contribution in [-0.4, -0.2) is 24.7 Å². The van der Waals surface area contributed by atoms with Gasteiger partial charge in [0.2, 0.25) is 0 Å². The second kappa shape index (κ2) is 9.29. The summed E-state index contributed by atoms with van der Waals surface area (Å²) in [5, 5.41) is 3.59. The average Bonchev–Trinajstić information content (AvgIpc) is 2.41. The van der Waals surface area contributed by atoms with Crippen LogP contribution in [0.25, 0.3) is 0 Å². The van der Waals surface area contributed by atoms with Gasteiger partial charge in [-0.15, -0.1) is 0 Å². The molecule has 0 spiro atoms. The van der Waals surface area contributed by atoms with E-state index in [2.05, 4.69) is 43.6 Å². The number of benzene rings is 1. The van der Waals surface area contributed by atoms with Gasteiger partial charge in [-0.2, -0.15) is 11.8 Å². The first-order chi connectivity index (χ1) is 8.80. The number of thioether (sulfide) groups is 1. The number of hydrogen-bond acceptors (Lipinski definition) is 3. The molecule has 1 rings (SSSR count). The molecule has 3 heteroatoms. The van der Waals surface area contributed by atoms with Crippen molar-refractivity contribution in [2.24, 2.45) is 0 Å². The van der Waals surface area contributed by atoms with Gasteiger partial charge in [-0.1, -0.05) is 26.0 Å². The van der Waals surface area contributed by atoms with Crippen molar-refractivity contribution < 1.29 is 4.74 Å². The molecule has 0 saturated carbocycles. The van der Waals surface area contributed by atoms with Crippen LogP contribution in [0.2, 0.25) is 0 Å². The SMILES string of the molecule is CCCOc1cccc(CNC(CC)CSC)c1. The largest absolute Gasteiger partial charge is 0.494 e. The Bertz CT molecular complexity index is 330. The molecule has 0 aliphatic rings. The van der Waals surface area contributed by atoms with E-state index in [1.807, 2.05) is 17.8 Å². The Balaban J connectivity index is 2.45. The standard InChI is InChI=1S/C15H25NOS/c1-4-9-17-15-8-6-7-13(10-15)11-16-14(5-2)12-18-3/h6-8,10,14,16H,4-5,9,11-12H2,1-3H3. The number of ether oxygens (including phenoxy) is 1. The topological polar surface area (TPSA) is 21.3 Å². The van der Waals surface area contributed by atoms with Crippen LogP contribution in [0.1, 0.15) is 32.3 Å². The molecule has 0 radical (unpaired) electrons. The molecule has 0 aliphatic heterocycles. The zero-order chi connectivity index (χ0) is 13.2. The lowest BCUT2D eigenvalue weighted by Gasteiger charge is -2.16. The predicted octanol–water partition coefficient (Wildman–Crippen LogP) is 3.71. The Labute approximate surface area is 116 Å². The van der Waals surface area contributed by atoms with Crippen LogP contribution in [0, 0.1) is 0 Å². The molecular formula is C15H25NOS. The van der Waals surface area contributed by atoms with E-state index >= 15 is 0 Å². The maximum Gasteiger partial charge on any atom is 0.119 e. The third-order valence-electron chi connectivity index (χ3n) is 2.83. The Morgan fingerprint density at radius 1 is 1.33 bits per heavy atom. The van der Waals surface area contributed by atoms with Gasteiger partial charge < -0.3 is 10.1 Å². The minimum atomic E-state index is 0.597. The molecule has 0 aliphatic carbocycles. The van der Waals surface area contributed by atoms with Crippen molar-refractivity contribution in [3.63, 3.8) is 0 Å². The quantitative estimate of drug-likeness (QED) is 0.737. The van der Waals surface area contributed by atoms with E-state index in [1.54, 1.807) is 0 Å². The van der Waals surface area contributed by atoms with Crippen LogP contribution in [0.5, 0.6) is 5.75 Å². The van der Waals surface area contributed by atoms with Crippen molar-refractivity contribution in [2.45, 2.75) is 39.3 Å². The predicted molar refractivity (Wildman–Crippen MR) is 81.5 cm³/mol. The molecule has 102 valence electrons. The van der Waals surface area contributed by atoms with Crippen molar-refractivity contribution in [1.29, 1.82) is 0 Å². The summed E-state index contributed by atoms with van der Waals surface area (Å²) < 4.78 is 5.64. The van der Waals surface area contributed by atoms with E-state index in [0.717, 1.165) is 25.3 Å². The molecule has 0 fully saturated rings. The van der Waals surface area contributed by atoms with E-state index < -0.39 is 0 Å². The van der Waals surface area contributed by atoms with E-state index in [0.29, 0.717) is 6.04 Å². The maximum atomic E-state index is 5.64. The van der Waals surface area contributed by atoms with Gasteiger partial charge >= 0.3 is 0 Å². The molecular weight excluding hydrogens is 242 g/mol. The third kappa shape index (κ3) is 5.78. The lowest BCUT2D eigenvalue weighted by molar-refractivity contribution is 0.317. The summed E-state index contributed by atoms with van der Waals surface area (Å²) in [6.45, 7) is 6.07. The van der Waals surface area contributed by atoms with Gasteiger partial charge in [0.05, 0.1) is 6.61 Å². The molecule has 1 unspecified atom stereocenters. The fraction of sp³-hybridized carbons (Fsp3) is 0.600. The lowest BCUT2D eigenvalue weighted by Crippen LogP contribution is -2.30. The molecule has 18 heavy (non-hydrogen) atoms. The van der Waals surface area contributed by atoms with Gasteiger partial charge in [-0.3, -0.25) is 0 Å². The van der Waals surface area contributed by atoms with E-state index in [9.17, 15) is 0 Å². The Morgan fingerprint density at radius 2 is 2.17 bits per heavy atom. The zero-order valence-corrected chi connectivity index (χ0v) is 12.6. The van der Waals surface area contributed by atoms with Gasteiger partial charge in [0.25, 0.3) is 0 Å². The Kier molecular flexibility index (Phi) is 7.94. The molecule has 2 nitrogen and oxygen atoms in total. The van der Waals surface area contributed by atoms with Gasteiger partial charge in [0, 0.05) is 18.3 Å². The Morgan fingerprint density at radius 3 is 2.83 bits per heavy atom. The smallest absolute Gasteiger partial charge is 0.119 e. The highest BCUT2D eigenvalue weighted by atomic mass is 32.2. The first kappa shape index (κ1) is 15.4. The maximum absolute atomic E-state index is 5.64.